The van der Waals surface area contributed by atoms with Crippen molar-refractivity contribution in [3.8, 4) is 0 Å². The molecule has 1 saturated heterocycles. The van der Waals surface area contributed by atoms with Crippen molar-refractivity contribution in [1.82, 2.24) is 10.7 Å². The highest BCUT2D eigenvalue weighted by Crippen LogP contribution is 2.11. The zero-order valence-corrected chi connectivity index (χ0v) is 11.0. The zero-order chi connectivity index (χ0) is 13.7. The number of benzene rings is 1. The molecule has 0 radical (unpaired) electrons. The molecule has 1 aliphatic heterocycles. The Bertz CT molecular complexity index is 499. The van der Waals surface area contributed by atoms with E-state index in [-0.39, 0.29) is 11.8 Å². The first-order chi connectivity index (χ1) is 9.16. The Morgan fingerprint density at radius 3 is 2.84 bits per heavy atom. The third kappa shape index (κ3) is 3.79. The van der Waals surface area contributed by atoms with E-state index in [1.54, 1.807) is 24.3 Å². The number of hydrogen-bond donors (Lipinski definition) is 2. The number of rotatable bonds is 3. The molecule has 2 N–H and O–H groups in total. The smallest absolute Gasteiger partial charge is 0.252 e. The quantitative estimate of drug-likeness (QED) is 0.498. The van der Waals surface area contributed by atoms with Crippen LogP contribution in [-0.4, -0.2) is 24.6 Å². The molecule has 1 heterocycles. The number of carbonyl (C=O) groups excluding carboxylic acids is 2. The Morgan fingerprint density at radius 1 is 1.42 bits per heavy atom. The Balaban J connectivity index is 1.89. The highest BCUT2D eigenvalue weighted by Gasteiger charge is 2.28. The summed E-state index contributed by atoms with van der Waals surface area (Å²) in [4.78, 5) is 23.2. The Hall–Kier alpha value is -1.88. The number of hydrazone groups is 1. The molecule has 1 aromatic rings. The molecule has 0 aliphatic carbocycles. The first-order valence-electron chi connectivity index (χ1n) is 6.03. The lowest BCUT2D eigenvalue weighted by atomic mass is 9.98. The molecule has 0 saturated carbocycles. The molecule has 0 bridgehead atoms. The maximum Gasteiger partial charge on any atom is 0.252 e. The van der Waals surface area contributed by atoms with Crippen LogP contribution < -0.4 is 10.7 Å². The predicted molar refractivity (Wildman–Crippen MR) is 72.9 cm³/mol. The highest BCUT2D eigenvalue weighted by atomic mass is 35.5. The largest absolute Gasteiger partial charge is 0.355 e. The average molecular weight is 280 g/mol. The second-order valence-corrected chi connectivity index (χ2v) is 4.71. The van der Waals surface area contributed by atoms with Crippen LogP contribution in [0.4, 0.5) is 0 Å². The van der Waals surface area contributed by atoms with Gasteiger partial charge in [-0.1, -0.05) is 23.7 Å². The van der Waals surface area contributed by atoms with E-state index in [1.165, 1.54) is 6.21 Å². The molecule has 100 valence electrons. The summed E-state index contributed by atoms with van der Waals surface area (Å²) in [6, 6.07) is 7.04. The fourth-order valence-electron chi connectivity index (χ4n) is 1.82. The van der Waals surface area contributed by atoms with Gasteiger partial charge in [-0.3, -0.25) is 9.59 Å². The van der Waals surface area contributed by atoms with Crippen molar-refractivity contribution < 1.29 is 9.59 Å². The van der Waals surface area contributed by atoms with Gasteiger partial charge in [0.1, 0.15) is 5.92 Å². The van der Waals surface area contributed by atoms with Gasteiger partial charge >= 0.3 is 0 Å². The van der Waals surface area contributed by atoms with Gasteiger partial charge in [-0.15, -0.1) is 0 Å². The van der Waals surface area contributed by atoms with Crippen LogP contribution in [0.1, 0.15) is 18.4 Å². The summed E-state index contributed by atoms with van der Waals surface area (Å²) in [7, 11) is 0. The maximum absolute atomic E-state index is 11.7. The predicted octanol–water partition coefficient (Wildman–Crippen LogP) is 1.32. The molecule has 1 aromatic carbocycles. The average Bonchev–Trinajstić information content (AvgIpc) is 2.41. The van der Waals surface area contributed by atoms with Gasteiger partial charge in [0.15, 0.2) is 0 Å². The van der Waals surface area contributed by atoms with E-state index in [9.17, 15) is 9.59 Å². The number of nitrogens with zero attached hydrogens (tertiary/aromatic N) is 1. The summed E-state index contributed by atoms with van der Waals surface area (Å²) in [5.74, 6) is -1.25. The van der Waals surface area contributed by atoms with Crippen LogP contribution in [0.25, 0.3) is 0 Å². The minimum Gasteiger partial charge on any atom is -0.355 e. The molecule has 6 heteroatoms. The van der Waals surface area contributed by atoms with Crippen molar-refractivity contribution >= 4 is 29.6 Å². The molecule has 5 nitrogen and oxygen atoms in total. The lowest BCUT2D eigenvalue weighted by Crippen LogP contribution is -2.43. The van der Waals surface area contributed by atoms with Crippen LogP contribution in [0.3, 0.4) is 0 Å². The van der Waals surface area contributed by atoms with E-state index < -0.39 is 5.92 Å². The first kappa shape index (κ1) is 13.5. The molecule has 2 rings (SSSR count). The monoisotopic (exact) mass is 279 g/mol. The van der Waals surface area contributed by atoms with E-state index in [1.807, 2.05) is 0 Å². The van der Waals surface area contributed by atoms with E-state index in [0.29, 0.717) is 18.0 Å². The number of amides is 2. The van der Waals surface area contributed by atoms with E-state index >= 15 is 0 Å². The van der Waals surface area contributed by atoms with Gasteiger partial charge < -0.3 is 5.32 Å². The van der Waals surface area contributed by atoms with Crippen LogP contribution in [0.5, 0.6) is 0 Å². The van der Waals surface area contributed by atoms with E-state index in [2.05, 4.69) is 15.8 Å². The number of carbonyl (C=O) groups is 2. The minimum absolute atomic E-state index is 0.231. The standard InChI is InChI=1S/C13H14ClN3O2/c14-10-5-3-9(4-6-10)8-16-17-13(19)11-2-1-7-15-12(11)18/h3-6,8,11H,1-2,7H2,(H,15,18)(H,17,19)/b16-8-/t11-/m1/s1. The first-order valence-corrected chi connectivity index (χ1v) is 6.41. The normalized spacial score (nSPS) is 19.2. The Morgan fingerprint density at radius 2 is 2.16 bits per heavy atom. The van der Waals surface area contributed by atoms with Gasteiger partial charge in [-0.05, 0) is 30.5 Å². The van der Waals surface area contributed by atoms with E-state index in [0.717, 1.165) is 12.0 Å². The van der Waals surface area contributed by atoms with Crippen LogP contribution >= 0.6 is 11.6 Å². The summed E-state index contributed by atoms with van der Waals surface area (Å²) in [6.45, 7) is 0.636. The summed E-state index contributed by atoms with van der Waals surface area (Å²) in [5, 5.41) is 7.13. The molecule has 0 spiro atoms. The lowest BCUT2D eigenvalue weighted by Gasteiger charge is -2.19. The van der Waals surface area contributed by atoms with Crippen LogP contribution in [0.2, 0.25) is 5.02 Å². The minimum atomic E-state index is -0.642. The van der Waals surface area contributed by atoms with Crippen molar-refractivity contribution in [3.63, 3.8) is 0 Å². The molecule has 19 heavy (non-hydrogen) atoms. The second-order valence-electron chi connectivity index (χ2n) is 4.27. The van der Waals surface area contributed by atoms with Gasteiger partial charge in [0.25, 0.3) is 5.91 Å². The molecule has 1 atom stereocenters. The van der Waals surface area contributed by atoms with Gasteiger partial charge in [-0.2, -0.15) is 5.10 Å². The molecular weight excluding hydrogens is 266 g/mol. The van der Waals surface area contributed by atoms with Gasteiger partial charge in [-0.25, -0.2) is 5.43 Å². The Kier molecular flexibility index (Phi) is 4.52. The van der Waals surface area contributed by atoms with Crippen molar-refractivity contribution in [2.24, 2.45) is 11.0 Å². The zero-order valence-electron chi connectivity index (χ0n) is 10.2. The van der Waals surface area contributed by atoms with Crippen molar-refractivity contribution in [2.75, 3.05) is 6.54 Å². The van der Waals surface area contributed by atoms with Crippen molar-refractivity contribution in [3.05, 3.63) is 34.9 Å². The van der Waals surface area contributed by atoms with Crippen molar-refractivity contribution in [2.45, 2.75) is 12.8 Å². The van der Waals surface area contributed by atoms with Crippen LogP contribution in [-0.2, 0) is 9.59 Å². The number of nitrogens with one attached hydrogen (secondary N) is 2. The number of hydrogen-bond acceptors (Lipinski definition) is 3. The second kappa shape index (κ2) is 6.33. The van der Waals surface area contributed by atoms with Gasteiger partial charge in [0.2, 0.25) is 5.91 Å². The molecule has 1 aliphatic rings. The van der Waals surface area contributed by atoms with Gasteiger partial charge in [0.05, 0.1) is 6.21 Å². The lowest BCUT2D eigenvalue weighted by molar-refractivity contribution is -0.136. The number of halogens is 1. The summed E-state index contributed by atoms with van der Waals surface area (Å²) < 4.78 is 0. The van der Waals surface area contributed by atoms with Crippen LogP contribution in [0.15, 0.2) is 29.4 Å². The summed E-state index contributed by atoms with van der Waals surface area (Å²) in [5.41, 5.74) is 3.20. The molecule has 1 fully saturated rings. The molecular formula is C13H14ClN3O2. The third-order valence-electron chi connectivity index (χ3n) is 2.86. The SMILES string of the molecule is O=C1NCCC[C@H]1C(=O)N/N=C\c1ccc(Cl)cc1. The highest BCUT2D eigenvalue weighted by molar-refractivity contribution is 6.30. The van der Waals surface area contributed by atoms with Crippen LogP contribution in [0, 0.1) is 5.92 Å². The Labute approximate surface area is 116 Å². The summed E-state index contributed by atoms with van der Waals surface area (Å²) in [6.07, 6.45) is 2.88. The molecule has 0 unspecified atom stereocenters. The number of piperidine rings is 1. The summed E-state index contributed by atoms with van der Waals surface area (Å²) >= 11 is 5.76. The fourth-order valence-corrected chi connectivity index (χ4v) is 1.95. The third-order valence-corrected chi connectivity index (χ3v) is 3.11. The van der Waals surface area contributed by atoms with Crippen molar-refractivity contribution in [1.29, 1.82) is 0 Å². The fraction of sp³-hybridized carbons (Fsp3) is 0.308. The van der Waals surface area contributed by atoms with Gasteiger partial charge in [0, 0.05) is 11.6 Å². The van der Waals surface area contributed by atoms with E-state index in [4.69, 9.17) is 11.6 Å². The molecule has 0 aromatic heterocycles. The molecule has 2 amide bonds. The topological polar surface area (TPSA) is 70.6 Å². The maximum atomic E-state index is 11.7.